The number of carbonyl (C=O) groups excluding carboxylic acids is 1. The van der Waals surface area contributed by atoms with Crippen LogP contribution in [0.3, 0.4) is 0 Å². The maximum Gasteiger partial charge on any atom is 0.223 e. The van der Waals surface area contributed by atoms with Crippen LogP contribution >= 0.6 is 0 Å². The molecule has 0 aliphatic heterocycles. The normalized spacial score (nSPS) is 27.1. The second-order valence-corrected chi connectivity index (χ2v) is 6.25. The van der Waals surface area contributed by atoms with Gasteiger partial charge in [0, 0.05) is 0 Å². The topological polar surface area (TPSA) is 39.4 Å². The van der Waals surface area contributed by atoms with Gasteiger partial charge in [-0.2, -0.15) is 0 Å². The van der Waals surface area contributed by atoms with E-state index in [2.05, 4.69) is 20.8 Å². The number of furan rings is 1. The molecule has 1 fully saturated rings. The molecule has 3 heteroatoms. The van der Waals surface area contributed by atoms with E-state index in [1.807, 2.05) is 0 Å². The number of hydrogen-bond acceptors (Lipinski definition) is 3. The van der Waals surface area contributed by atoms with Crippen molar-refractivity contribution >= 4 is 5.78 Å². The molecule has 0 bridgehead atoms. The average Bonchev–Trinajstić information content (AvgIpc) is 2.76. The third-order valence-corrected chi connectivity index (χ3v) is 3.59. The van der Waals surface area contributed by atoms with Crippen LogP contribution < -0.4 is 0 Å². The molecule has 0 saturated heterocycles. The van der Waals surface area contributed by atoms with Gasteiger partial charge >= 0.3 is 0 Å². The Hall–Kier alpha value is -1.09. The second-order valence-electron chi connectivity index (χ2n) is 6.25. The Kier molecular flexibility index (Phi) is 3.91. The Morgan fingerprint density at radius 3 is 2.89 bits per heavy atom. The van der Waals surface area contributed by atoms with E-state index in [0.717, 1.165) is 12.8 Å². The van der Waals surface area contributed by atoms with E-state index in [0.29, 0.717) is 17.1 Å². The van der Waals surface area contributed by atoms with Gasteiger partial charge in [0.25, 0.3) is 0 Å². The minimum atomic E-state index is -0.0731. The largest absolute Gasteiger partial charge is 0.461 e. The van der Waals surface area contributed by atoms with Crippen LogP contribution in [0.1, 0.15) is 50.6 Å². The Morgan fingerprint density at radius 1 is 1.50 bits per heavy atom. The number of Topliss-reactive ketones (excluding diaryl/α,β-unsaturated/α-hetero) is 1. The molecule has 2 unspecified atom stereocenters. The zero-order chi connectivity index (χ0) is 13.2. The van der Waals surface area contributed by atoms with E-state index >= 15 is 0 Å². The van der Waals surface area contributed by atoms with Crippen LogP contribution in [0.2, 0.25) is 0 Å². The van der Waals surface area contributed by atoms with E-state index in [1.54, 1.807) is 12.1 Å². The SMILES string of the molecule is CC1CC(OCC(=O)c2ccco2)CC(C)(C)C1. The molecule has 0 radical (unpaired) electrons. The van der Waals surface area contributed by atoms with Gasteiger partial charge in [-0.25, -0.2) is 0 Å². The summed E-state index contributed by atoms with van der Waals surface area (Å²) in [7, 11) is 0. The van der Waals surface area contributed by atoms with Gasteiger partial charge in [-0.15, -0.1) is 0 Å². The van der Waals surface area contributed by atoms with Gasteiger partial charge in [0.1, 0.15) is 6.61 Å². The van der Waals surface area contributed by atoms with Crippen molar-refractivity contribution in [3.63, 3.8) is 0 Å². The van der Waals surface area contributed by atoms with Crippen molar-refractivity contribution in [1.29, 1.82) is 0 Å². The van der Waals surface area contributed by atoms with Gasteiger partial charge in [0.2, 0.25) is 5.78 Å². The molecule has 1 saturated carbocycles. The lowest BCUT2D eigenvalue weighted by molar-refractivity contribution is -0.0173. The summed E-state index contributed by atoms with van der Waals surface area (Å²) in [6.45, 7) is 6.92. The van der Waals surface area contributed by atoms with Gasteiger partial charge in [0.05, 0.1) is 12.4 Å². The Balaban J connectivity index is 1.85. The molecular weight excluding hydrogens is 228 g/mol. The first kappa shape index (κ1) is 13.3. The molecule has 1 heterocycles. The Bertz CT molecular complexity index is 392. The Labute approximate surface area is 109 Å². The second kappa shape index (κ2) is 5.27. The summed E-state index contributed by atoms with van der Waals surface area (Å²) in [5.41, 5.74) is 0.316. The number of ether oxygens (including phenoxy) is 1. The van der Waals surface area contributed by atoms with Crippen LogP contribution in [0.15, 0.2) is 22.8 Å². The lowest BCUT2D eigenvalue weighted by atomic mass is 9.71. The minimum absolute atomic E-state index is 0.0731. The van der Waals surface area contributed by atoms with Gasteiger partial charge in [-0.05, 0) is 42.7 Å². The molecule has 1 aliphatic rings. The van der Waals surface area contributed by atoms with Crippen molar-refractivity contribution in [3.05, 3.63) is 24.2 Å². The van der Waals surface area contributed by atoms with Crippen molar-refractivity contribution in [1.82, 2.24) is 0 Å². The zero-order valence-corrected chi connectivity index (χ0v) is 11.4. The zero-order valence-electron chi connectivity index (χ0n) is 11.4. The molecule has 0 amide bonds. The van der Waals surface area contributed by atoms with Crippen LogP contribution in [-0.4, -0.2) is 18.5 Å². The first-order valence-electron chi connectivity index (χ1n) is 6.64. The fourth-order valence-electron chi connectivity index (χ4n) is 3.09. The summed E-state index contributed by atoms with van der Waals surface area (Å²) in [5.74, 6) is 0.978. The number of carbonyl (C=O) groups is 1. The van der Waals surface area contributed by atoms with E-state index in [1.165, 1.54) is 12.7 Å². The number of ketones is 1. The summed E-state index contributed by atoms with van der Waals surface area (Å²) < 4.78 is 10.8. The molecule has 1 aromatic heterocycles. The highest BCUT2D eigenvalue weighted by Crippen LogP contribution is 2.39. The van der Waals surface area contributed by atoms with Gasteiger partial charge < -0.3 is 9.15 Å². The van der Waals surface area contributed by atoms with E-state index in [-0.39, 0.29) is 18.5 Å². The maximum atomic E-state index is 11.8. The highest BCUT2D eigenvalue weighted by molar-refractivity contribution is 5.94. The van der Waals surface area contributed by atoms with Crippen LogP contribution in [0.25, 0.3) is 0 Å². The van der Waals surface area contributed by atoms with Crippen molar-refractivity contribution < 1.29 is 13.9 Å². The van der Waals surface area contributed by atoms with Crippen LogP contribution in [0, 0.1) is 11.3 Å². The van der Waals surface area contributed by atoms with E-state index in [4.69, 9.17) is 9.15 Å². The lowest BCUT2D eigenvalue weighted by Gasteiger charge is -2.38. The highest BCUT2D eigenvalue weighted by atomic mass is 16.5. The van der Waals surface area contributed by atoms with Gasteiger partial charge in [-0.1, -0.05) is 20.8 Å². The fourth-order valence-corrected chi connectivity index (χ4v) is 3.09. The smallest absolute Gasteiger partial charge is 0.223 e. The fraction of sp³-hybridized carbons (Fsp3) is 0.667. The van der Waals surface area contributed by atoms with Crippen molar-refractivity contribution in [2.75, 3.05) is 6.61 Å². The van der Waals surface area contributed by atoms with Gasteiger partial charge in [-0.3, -0.25) is 4.79 Å². The quantitative estimate of drug-likeness (QED) is 0.765. The summed E-state index contributed by atoms with van der Waals surface area (Å²) in [6, 6.07) is 3.40. The third-order valence-electron chi connectivity index (χ3n) is 3.59. The summed E-state index contributed by atoms with van der Waals surface area (Å²) in [4.78, 5) is 11.8. The number of hydrogen-bond donors (Lipinski definition) is 0. The Morgan fingerprint density at radius 2 is 2.28 bits per heavy atom. The highest BCUT2D eigenvalue weighted by Gasteiger charge is 2.32. The van der Waals surface area contributed by atoms with Crippen LogP contribution in [0.4, 0.5) is 0 Å². The lowest BCUT2D eigenvalue weighted by Crippen LogP contribution is -2.33. The number of rotatable bonds is 4. The predicted octanol–water partition coefficient (Wildman–Crippen LogP) is 3.69. The van der Waals surface area contributed by atoms with Crippen LogP contribution in [-0.2, 0) is 4.74 Å². The third kappa shape index (κ3) is 3.45. The first-order valence-corrected chi connectivity index (χ1v) is 6.64. The maximum absolute atomic E-state index is 11.8. The van der Waals surface area contributed by atoms with Gasteiger partial charge in [0.15, 0.2) is 5.76 Å². The minimum Gasteiger partial charge on any atom is -0.461 e. The monoisotopic (exact) mass is 250 g/mol. The molecular formula is C15H22O3. The summed E-state index contributed by atoms with van der Waals surface area (Å²) >= 11 is 0. The van der Waals surface area contributed by atoms with Crippen molar-refractivity contribution in [3.8, 4) is 0 Å². The molecule has 1 aromatic rings. The molecule has 3 nitrogen and oxygen atoms in total. The van der Waals surface area contributed by atoms with Crippen molar-refractivity contribution in [2.24, 2.45) is 11.3 Å². The molecule has 18 heavy (non-hydrogen) atoms. The van der Waals surface area contributed by atoms with Crippen LogP contribution in [0.5, 0.6) is 0 Å². The standard InChI is InChI=1S/C15H22O3/c1-11-7-12(9-15(2,3)8-11)18-10-13(16)14-5-4-6-17-14/h4-6,11-12H,7-10H2,1-3H3. The molecule has 2 rings (SSSR count). The average molecular weight is 250 g/mol. The van der Waals surface area contributed by atoms with Crippen molar-refractivity contribution in [2.45, 2.75) is 46.1 Å². The molecule has 0 spiro atoms. The summed E-state index contributed by atoms with van der Waals surface area (Å²) in [6.07, 6.45) is 5.03. The van der Waals surface area contributed by atoms with E-state index < -0.39 is 0 Å². The molecule has 0 aromatic carbocycles. The molecule has 2 atom stereocenters. The molecule has 0 N–H and O–H groups in total. The molecule has 100 valence electrons. The first-order chi connectivity index (χ1) is 8.46. The van der Waals surface area contributed by atoms with E-state index in [9.17, 15) is 4.79 Å². The summed E-state index contributed by atoms with van der Waals surface area (Å²) in [5, 5.41) is 0. The predicted molar refractivity (Wildman–Crippen MR) is 69.6 cm³/mol. The molecule has 1 aliphatic carbocycles.